The second-order valence-corrected chi connectivity index (χ2v) is 4.17. The first kappa shape index (κ1) is 11.5. The van der Waals surface area contributed by atoms with Crippen LogP contribution in [0, 0.1) is 5.92 Å². The molecular weight excluding hydrogens is 201 g/mol. The quantitative estimate of drug-likeness (QED) is 0.824. The Hall–Kier alpha value is -0.600. The van der Waals surface area contributed by atoms with Gasteiger partial charge in [-0.3, -0.25) is 0 Å². The average molecular weight is 216 g/mol. The van der Waals surface area contributed by atoms with Crippen LogP contribution in [-0.4, -0.2) is 6.54 Å². The molecule has 14 heavy (non-hydrogen) atoms. The summed E-state index contributed by atoms with van der Waals surface area (Å²) in [7, 11) is 0. The minimum atomic E-state index is -1.48. The highest BCUT2D eigenvalue weighted by molar-refractivity contribution is 6.30. The highest BCUT2D eigenvalue weighted by Gasteiger charge is 2.34. The first-order chi connectivity index (χ1) is 6.50. The number of hydrogen-bond acceptors (Lipinski definition) is 1. The molecule has 1 unspecified atom stereocenters. The van der Waals surface area contributed by atoms with Gasteiger partial charge in [0.2, 0.25) is 0 Å². The minimum Gasteiger partial charge on any atom is -0.327 e. The summed E-state index contributed by atoms with van der Waals surface area (Å²) in [4.78, 5) is 0. The Labute approximate surface area is 89.1 Å². The van der Waals surface area contributed by atoms with Crippen LogP contribution in [0.3, 0.4) is 0 Å². The molecule has 0 saturated carbocycles. The Balaban J connectivity index is 3.12. The van der Waals surface area contributed by atoms with E-state index in [-0.39, 0.29) is 12.5 Å². The summed E-state index contributed by atoms with van der Waals surface area (Å²) >= 11 is 5.81. The van der Waals surface area contributed by atoms with E-state index in [2.05, 4.69) is 0 Å². The molecule has 0 radical (unpaired) electrons. The van der Waals surface area contributed by atoms with Crippen molar-refractivity contribution in [2.24, 2.45) is 11.7 Å². The molecule has 0 aromatic heterocycles. The molecular formula is C11H15ClFN. The van der Waals surface area contributed by atoms with Crippen molar-refractivity contribution < 1.29 is 4.39 Å². The topological polar surface area (TPSA) is 26.0 Å². The Kier molecular flexibility index (Phi) is 3.51. The number of nitrogens with two attached hydrogens (primary N) is 1. The van der Waals surface area contributed by atoms with Crippen LogP contribution >= 0.6 is 11.6 Å². The first-order valence-electron chi connectivity index (χ1n) is 4.65. The molecule has 78 valence electrons. The van der Waals surface area contributed by atoms with Gasteiger partial charge < -0.3 is 5.73 Å². The lowest BCUT2D eigenvalue weighted by Gasteiger charge is -2.28. The van der Waals surface area contributed by atoms with Gasteiger partial charge in [-0.2, -0.15) is 0 Å². The third-order valence-corrected chi connectivity index (χ3v) is 2.75. The molecule has 0 spiro atoms. The second kappa shape index (κ2) is 4.28. The van der Waals surface area contributed by atoms with Gasteiger partial charge >= 0.3 is 0 Å². The molecule has 0 bridgehead atoms. The predicted molar refractivity (Wildman–Crippen MR) is 58.1 cm³/mol. The highest BCUT2D eigenvalue weighted by atomic mass is 35.5. The van der Waals surface area contributed by atoms with E-state index in [1.165, 1.54) is 0 Å². The largest absolute Gasteiger partial charge is 0.327 e. The summed E-state index contributed by atoms with van der Waals surface area (Å²) in [6, 6.07) is 6.82. The summed E-state index contributed by atoms with van der Waals surface area (Å²) in [5, 5.41) is 0.540. The van der Waals surface area contributed by atoms with E-state index < -0.39 is 5.67 Å². The minimum absolute atomic E-state index is 0.0228. The van der Waals surface area contributed by atoms with Crippen molar-refractivity contribution in [2.75, 3.05) is 6.54 Å². The van der Waals surface area contributed by atoms with Crippen molar-refractivity contribution in [3.05, 3.63) is 34.9 Å². The highest BCUT2D eigenvalue weighted by Crippen LogP contribution is 2.33. The summed E-state index contributed by atoms with van der Waals surface area (Å²) < 4.78 is 14.4. The van der Waals surface area contributed by atoms with Gasteiger partial charge in [-0.1, -0.05) is 37.6 Å². The Morgan fingerprint density at radius 1 is 1.50 bits per heavy atom. The molecule has 3 heteroatoms. The lowest BCUT2D eigenvalue weighted by atomic mass is 9.85. The second-order valence-electron chi connectivity index (χ2n) is 3.73. The number of hydrogen-bond donors (Lipinski definition) is 1. The predicted octanol–water partition coefficient (Wildman–Crippen LogP) is 3.12. The van der Waals surface area contributed by atoms with Crippen LogP contribution in [-0.2, 0) is 5.67 Å². The van der Waals surface area contributed by atoms with Gasteiger partial charge in [0.05, 0.1) is 0 Å². The number of halogens is 2. The summed E-state index contributed by atoms with van der Waals surface area (Å²) in [5.41, 5.74) is 4.55. The van der Waals surface area contributed by atoms with Crippen LogP contribution in [0.1, 0.15) is 19.4 Å². The summed E-state index contributed by atoms with van der Waals surface area (Å²) in [6.07, 6.45) is 0. The van der Waals surface area contributed by atoms with Gasteiger partial charge in [-0.25, -0.2) is 4.39 Å². The summed E-state index contributed by atoms with van der Waals surface area (Å²) in [5.74, 6) is -0.161. The van der Waals surface area contributed by atoms with E-state index in [4.69, 9.17) is 17.3 Å². The van der Waals surface area contributed by atoms with Crippen molar-refractivity contribution in [3.8, 4) is 0 Å². The maximum absolute atomic E-state index is 14.4. The molecule has 0 heterocycles. The van der Waals surface area contributed by atoms with E-state index in [1.54, 1.807) is 24.3 Å². The Morgan fingerprint density at radius 2 is 2.14 bits per heavy atom. The normalized spacial score (nSPS) is 15.6. The van der Waals surface area contributed by atoms with Crippen molar-refractivity contribution in [1.29, 1.82) is 0 Å². The number of alkyl halides is 1. The standard InChI is InChI=1S/C11H15ClFN/c1-8(2)11(13,7-14)9-4-3-5-10(12)6-9/h3-6,8H,7,14H2,1-2H3. The zero-order chi connectivity index (χ0) is 10.8. The fraction of sp³-hybridized carbons (Fsp3) is 0.455. The maximum atomic E-state index is 14.4. The summed E-state index contributed by atoms with van der Waals surface area (Å²) in [6.45, 7) is 3.60. The van der Waals surface area contributed by atoms with Gasteiger partial charge in [0.1, 0.15) is 5.67 Å². The number of rotatable bonds is 3. The van der Waals surface area contributed by atoms with Crippen LogP contribution in [0.2, 0.25) is 5.02 Å². The molecule has 2 N–H and O–H groups in total. The average Bonchev–Trinajstić information content (AvgIpc) is 2.16. The Bertz CT molecular complexity index is 314. The van der Waals surface area contributed by atoms with Gasteiger partial charge in [0, 0.05) is 11.6 Å². The molecule has 1 aromatic rings. The molecule has 1 aromatic carbocycles. The zero-order valence-corrected chi connectivity index (χ0v) is 9.18. The molecule has 1 atom stereocenters. The van der Waals surface area contributed by atoms with E-state index in [9.17, 15) is 4.39 Å². The van der Waals surface area contributed by atoms with Gasteiger partial charge in [0.15, 0.2) is 0 Å². The monoisotopic (exact) mass is 215 g/mol. The van der Waals surface area contributed by atoms with E-state index in [1.807, 2.05) is 13.8 Å². The molecule has 0 fully saturated rings. The molecule has 1 nitrogen and oxygen atoms in total. The lowest BCUT2D eigenvalue weighted by Crippen LogP contribution is -2.35. The smallest absolute Gasteiger partial charge is 0.150 e. The van der Waals surface area contributed by atoms with Crippen LogP contribution in [0.25, 0.3) is 0 Å². The molecule has 1 rings (SSSR count). The van der Waals surface area contributed by atoms with Crippen LogP contribution < -0.4 is 5.73 Å². The van der Waals surface area contributed by atoms with Crippen molar-refractivity contribution in [2.45, 2.75) is 19.5 Å². The third kappa shape index (κ3) is 2.07. The molecule has 0 aliphatic heterocycles. The van der Waals surface area contributed by atoms with E-state index >= 15 is 0 Å². The van der Waals surface area contributed by atoms with E-state index in [0.717, 1.165) is 0 Å². The first-order valence-corrected chi connectivity index (χ1v) is 5.03. The SMILES string of the molecule is CC(C)C(F)(CN)c1cccc(Cl)c1. The lowest BCUT2D eigenvalue weighted by molar-refractivity contribution is 0.109. The third-order valence-electron chi connectivity index (χ3n) is 2.52. The van der Waals surface area contributed by atoms with Gasteiger partial charge in [-0.15, -0.1) is 0 Å². The molecule has 0 saturated heterocycles. The fourth-order valence-electron chi connectivity index (χ4n) is 1.43. The van der Waals surface area contributed by atoms with Crippen LogP contribution in [0.4, 0.5) is 4.39 Å². The van der Waals surface area contributed by atoms with Gasteiger partial charge in [0.25, 0.3) is 0 Å². The van der Waals surface area contributed by atoms with Crippen molar-refractivity contribution in [1.82, 2.24) is 0 Å². The van der Waals surface area contributed by atoms with Crippen LogP contribution in [0.15, 0.2) is 24.3 Å². The van der Waals surface area contributed by atoms with E-state index in [0.29, 0.717) is 10.6 Å². The zero-order valence-electron chi connectivity index (χ0n) is 8.43. The van der Waals surface area contributed by atoms with Crippen LogP contribution in [0.5, 0.6) is 0 Å². The maximum Gasteiger partial charge on any atom is 0.150 e. The molecule has 0 amide bonds. The van der Waals surface area contributed by atoms with Crippen molar-refractivity contribution in [3.63, 3.8) is 0 Å². The van der Waals surface area contributed by atoms with Crippen molar-refractivity contribution >= 4 is 11.6 Å². The Morgan fingerprint density at radius 3 is 2.57 bits per heavy atom. The fourth-order valence-corrected chi connectivity index (χ4v) is 1.62. The molecule has 0 aliphatic carbocycles. The number of benzene rings is 1. The van der Waals surface area contributed by atoms with Gasteiger partial charge in [-0.05, 0) is 23.6 Å². The molecule has 0 aliphatic rings.